The maximum atomic E-state index is 11.7. The highest BCUT2D eigenvalue weighted by atomic mass is 32.1. The Hall–Kier alpha value is -2.74. The van der Waals surface area contributed by atoms with Gasteiger partial charge in [0.2, 0.25) is 0 Å². The number of carbonyl (C=O) groups excluding carboxylic acids is 1. The van der Waals surface area contributed by atoms with E-state index < -0.39 is 0 Å². The molecule has 118 valence electrons. The van der Waals surface area contributed by atoms with E-state index in [0.717, 1.165) is 16.3 Å². The minimum Gasteiger partial charge on any atom is -0.336 e. The Labute approximate surface area is 137 Å². The lowest BCUT2D eigenvalue weighted by atomic mass is 10.3. The van der Waals surface area contributed by atoms with Gasteiger partial charge in [0.25, 0.3) is 0 Å². The normalized spacial score (nSPS) is 10.4. The molecule has 3 aromatic rings. The zero-order valence-corrected chi connectivity index (χ0v) is 13.2. The van der Waals surface area contributed by atoms with Gasteiger partial charge in [-0.05, 0) is 17.5 Å². The summed E-state index contributed by atoms with van der Waals surface area (Å²) >= 11 is 1.62. The maximum Gasteiger partial charge on any atom is 0.315 e. The summed E-state index contributed by atoms with van der Waals surface area (Å²) in [5, 5.41) is 12.0. The smallest absolute Gasteiger partial charge is 0.315 e. The summed E-state index contributed by atoms with van der Waals surface area (Å²) in [4.78, 5) is 21.0. The Balaban J connectivity index is 1.42. The van der Waals surface area contributed by atoms with Crippen molar-refractivity contribution in [3.8, 4) is 11.4 Å². The lowest BCUT2D eigenvalue weighted by Crippen LogP contribution is -2.36. The van der Waals surface area contributed by atoms with Gasteiger partial charge in [-0.25, -0.2) is 4.79 Å². The van der Waals surface area contributed by atoms with E-state index in [1.54, 1.807) is 34.6 Å². The molecule has 2 amide bonds. The Morgan fingerprint density at radius 3 is 2.96 bits per heavy atom. The van der Waals surface area contributed by atoms with Crippen LogP contribution < -0.4 is 10.6 Å². The van der Waals surface area contributed by atoms with Crippen molar-refractivity contribution < 1.29 is 4.79 Å². The fourth-order valence-corrected chi connectivity index (χ4v) is 2.63. The van der Waals surface area contributed by atoms with Crippen LogP contribution in [-0.4, -0.2) is 32.3 Å². The molecular weight excluding hydrogens is 312 g/mol. The molecule has 7 nitrogen and oxygen atoms in total. The fourth-order valence-electron chi connectivity index (χ4n) is 1.98. The van der Waals surface area contributed by atoms with Gasteiger partial charge in [0.1, 0.15) is 11.4 Å². The molecule has 0 saturated heterocycles. The van der Waals surface area contributed by atoms with Crippen molar-refractivity contribution in [1.29, 1.82) is 0 Å². The monoisotopic (exact) mass is 328 g/mol. The van der Waals surface area contributed by atoms with Crippen molar-refractivity contribution in [2.45, 2.75) is 13.1 Å². The first kappa shape index (κ1) is 15.2. The van der Waals surface area contributed by atoms with Gasteiger partial charge in [0.15, 0.2) is 0 Å². The predicted molar refractivity (Wildman–Crippen MR) is 87.8 cm³/mol. The molecule has 3 rings (SSSR count). The fraction of sp³-hybridized carbons (Fsp3) is 0.200. The van der Waals surface area contributed by atoms with Crippen LogP contribution in [0.1, 0.15) is 4.88 Å². The summed E-state index contributed by atoms with van der Waals surface area (Å²) in [6.45, 7) is 1.63. The Morgan fingerprint density at radius 2 is 2.17 bits per heavy atom. The lowest BCUT2D eigenvalue weighted by molar-refractivity contribution is 0.240. The van der Waals surface area contributed by atoms with Crippen LogP contribution in [-0.2, 0) is 13.1 Å². The number of hydrogen-bond acceptors (Lipinski definition) is 5. The minimum atomic E-state index is -0.181. The van der Waals surface area contributed by atoms with Crippen LogP contribution in [0.3, 0.4) is 0 Å². The van der Waals surface area contributed by atoms with Gasteiger partial charge in [-0.15, -0.1) is 11.3 Å². The number of nitrogens with zero attached hydrogens (tertiary/aromatic N) is 4. The Bertz CT molecular complexity index is 740. The van der Waals surface area contributed by atoms with Gasteiger partial charge < -0.3 is 10.6 Å². The molecule has 0 unspecified atom stereocenters. The van der Waals surface area contributed by atoms with E-state index in [4.69, 9.17) is 0 Å². The average molecular weight is 328 g/mol. The number of urea groups is 1. The summed E-state index contributed by atoms with van der Waals surface area (Å²) in [6.07, 6.45) is 6.78. The first-order valence-electron chi connectivity index (χ1n) is 7.15. The second-order valence-electron chi connectivity index (χ2n) is 4.74. The van der Waals surface area contributed by atoms with Gasteiger partial charge in [-0.2, -0.15) is 5.10 Å². The van der Waals surface area contributed by atoms with Crippen molar-refractivity contribution in [1.82, 2.24) is 30.4 Å². The summed E-state index contributed by atoms with van der Waals surface area (Å²) in [5.74, 6) is 0. The average Bonchev–Trinajstić information content (AvgIpc) is 3.26. The molecule has 3 heterocycles. The molecule has 0 spiro atoms. The number of nitrogens with one attached hydrogen (secondary N) is 2. The number of thiophene rings is 1. The van der Waals surface area contributed by atoms with Gasteiger partial charge in [-0.3, -0.25) is 14.6 Å². The molecule has 0 bridgehead atoms. The van der Waals surface area contributed by atoms with E-state index in [0.29, 0.717) is 19.6 Å². The van der Waals surface area contributed by atoms with Gasteiger partial charge in [0, 0.05) is 30.0 Å². The third-order valence-corrected chi connectivity index (χ3v) is 3.97. The molecule has 0 aliphatic heterocycles. The highest BCUT2D eigenvalue weighted by Gasteiger charge is 2.04. The van der Waals surface area contributed by atoms with E-state index in [-0.39, 0.29) is 6.03 Å². The number of aromatic nitrogens is 4. The molecule has 0 fully saturated rings. The van der Waals surface area contributed by atoms with Crippen LogP contribution >= 0.6 is 11.3 Å². The van der Waals surface area contributed by atoms with Crippen LogP contribution in [0, 0.1) is 0 Å². The molecule has 2 N–H and O–H groups in total. The molecule has 3 aromatic heterocycles. The van der Waals surface area contributed by atoms with Gasteiger partial charge >= 0.3 is 6.03 Å². The first-order chi connectivity index (χ1) is 11.3. The molecule has 8 heteroatoms. The summed E-state index contributed by atoms with van der Waals surface area (Å²) in [6, 6.07) is 5.65. The van der Waals surface area contributed by atoms with Gasteiger partial charge in [0.05, 0.1) is 19.3 Å². The first-order valence-corrected chi connectivity index (χ1v) is 8.03. The van der Waals surface area contributed by atoms with Crippen molar-refractivity contribution in [2.75, 3.05) is 6.54 Å². The molecule has 0 aliphatic rings. The molecule has 0 aromatic carbocycles. The van der Waals surface area contributed by atoms with Crippen LogP contribution in [0.25, 0.3) is 11.4 Å². The zero-order valence-electron chi connectivity index (χ0n) is 12.3. The van der Waals surface area contributed by atoms with Crippen LogP contribution in [0.4, 0.5) is 4.79 Å². The lowest BCUT2D eigenvalue weighted by Gasteiger charge is -2.06. The highest BCUT2D eigenvalue weighted by molar-refractivity contribution is 7.09. The van der Waals surface area contributed by atoms with E-state index in [2.05, 4.69) is 25.7 Å². The van der Waals surface area contributed by atoms with Crippen molar-refractivity contribution in [2.24, 2.45) is 0 Å². The van der Waals surface area contributed by atoms with Crippen LogP contribution in [0.2, 0.25) is 0 Å². The third-order valence-electron chi connectivity index (χ3n) is 3.10. The number of rotatable bonds is 6. The second kappa shape index (κ2) is 7.50. The van der Waals surface area contributed by atoms with Crippen molar-refractivity contribution >= 4 is 17.4 Å². The predicted octanol–water partition coefficient (Wildman–Crippen LogP) is 1.90. The molecule has 0 atom stereocenters. The molecule has 0 radical (unpaired) electrons. The van der Waals surface area contributed by atoms with Crippen molar-refractivity contribution in [3.05, 3.63) is 53.2 Å². The largest absolute Gasteiger partial charge is 0.336 e. The molecule has 0 saturated carbocycles. The summed E-state index contributed by atoms with van der Waals surface area (Å²) in [5.41, 5.74) is 1.49. The summed E-state index contributed by atoms with van der Waals surface area (Å²) in [7, 11) is 0. The molecule has 23 heavy (non-hydrogen) atoms. The minimum absolute atomic E-state index is 0.181. The van der Waals surface area contributed by atoms with Gasteiger partial charge in [-0.1, -0.05) is 6.07 Å². The number of amides is 2. The van der Waals surface area contributed by atoms with E-state index in [9.17, 15) is 4.79 Å². The SMILES string of the molecule is O=C(NCCn1ccc(-c2cnccn2)n1)NCc1cccs1. The Kier molecular flexibility index (Phi) is 4.95. The maximum absolute atomic E-state index is 11.7. The molecular formula is C15H16N6OS. The van der Waals surface area contributed by atoms with E-state index >= 15 is 0 Å². The van der Waals surface area contributed by atoms with E-state index in [1.165, 1.54) is 0 Å². The number of carbonyl (C=O) groups is 1. The second-order valence-corrected chi connectivity index (χ2v) is 5.78. The highest BCUT2D eigenvalue weighted by Crippen LogP contribution is 2.11. The molecule has 0 aliphatic carbocycles. The standard InChI is InChI=1S/C15H16N6OS/c22-15(19-10-12-2-1-9-23-12)18-6-8-21-7-3-13(20-21)14-11-16-4-5-17-14/h1-5,7,9,11H,6,8,10H2,(H2,18,19,22). The zero-order chi connectivity index (χ0) is 15.9. The van der Waals surface area contributed by atoms with Crippen LogP contribution in [0.5, 0.6) is 0 Å². The van der Waals surface area contributed by atoms with Crippen LogP contribution in [0.15, 0.2) is 48.4 Å². The third kappa shape index (κ3) is 4.36. The Morgan fingerprint density at radius 1 is 1.22 bits per heavy atom. The van der Waals surface area contributed by atoms with Crippen molar-refractivity contribution in [3.63, 3.8) is 0 Å². The quantitative estimate of drug-likeness (QED) is 0.724. The van der Waals surface area contributed by atoms with E-state index in [1.807, 2.05) is 29.8 Å². The summed E-state index contributed by atoms with van der Waals surface area (Å²) < 4.78 is 1.77. The number of hydrogen-bond donors (Lipinski definition) is 2. The topological polar surface area (TPSA) is 84.7 Å².